The van der Waals surface area contributed by atoms with E-state index < -0.39 is 20.4 Å². The summed E-state index contributed by atoms with van der Waals surface area (Å²) < 4.78 is 27.6. The third-order valence-electron chi connectivity index (χ3n) is 3.84. The maximum Gasteiger partial charge on any atom is 0.151 e. The molecule has 0 unspecified atom stereocenters. The van der Waals surface area contributed by atoms with Crippen molar-refractivity contribution in [2.24, 2.45) is 0 Å². The van der Waals surface area contributed by atoms with Crippen molar-refractivity contribution in [3.8, 4) is 0 Å². The number of halogens is 2. The number of nitrogen functional groups attached to an aromatic ring is 1. The zero-order chi connectivity index (χ0) is 13.3. The van der Waals surface area contributed by atoms with Crippen molar-refractivity contribution in [1.82, 2.24) is 0 Å². The molecule has 1 aliphatic rings. The van der Waals surface area contributed by atoms with E-state index in [4.69, 9.17) is 5.73 Å². The first-order chi connectivity index (χ1) is 8.49. The van der Waals surface area contributed by atoms with Crippen LogP contribution >= 0.6 is 0 Å². The fraction of sp³-hybridized carbons (Fsp3) is 0.538. The standard InChI is InChI=1S/C13H20F2N2Si/c1-18(2)10-3-5-17(6-4-10)13-11(14)7-9(16)8-12(13)15/h7-8,10,18H,3-6,16H2,1-2H3. The zero-order valence-corrected chi connectivity index (χ0v) is 12.1. The van der Waals surface area contributed by atoms with Gasteiger partial charge < -0.3 is 10.6 Å². The molecule has 1 saturated heterocycles. The molecule has 2 rings (SSSR count). The molecule has 1 aliphatic heterocycles. The van der Waals surface area contributed by atoms with Crippen LogP contribution in [0.5, 0.6) is 0 Å². The lowest BCUT2D eigenvalue weighted by atomic mass is 10.1. The molecule has 0 aromatic heterocycles. The Hall–Kier alpha value is -1.10. The van der Waals surface area contributed by atoms with Gasteiger partial charge in [0.2, 0.25) is 0 Å². The number of benzene rings is 1. The molecule has 18 heavy (non-hydrogen) atoms. The van der Waals surface area contributed by atoms with Gasteiger partial charge in [0.15, 0.2) is 11.6 Å². The lowest BCUT2D eigenvalue weighted by Crippen LogP contribution is -2.36. The lowest BCUT2D eigenvalue weighted by molar-refractivity contribution is 0.527. The van der Waals surface area contributed by atoms with Gasteiger partial charge in [0.25, 0.3) is 0 Å². The van der Waals surface area contributed by atoms with Gasteiger partial charge >= 0.3 is 0 Å². The highest BCUT2D eigenvalue weighted by Crippen LogP contribution is 2.32. The van der Waals surface area contributed by atoms with E-state index in [1.165, 1.54) is 12.1 Å². The summed E-state index contributed by atoms with van der Waals surface area (Å²) in [5.74, 6) is -1.10. The zero-order valence-electron chi connectivity index (χ0n) is 10.9. The smallest absolute Gasteiger partial charge is 0.151 e. The van der Waals surface area contributed by atoms with Gasteiger partial charge in [0.1, 0.15) is 5.69 Å². The summed E-state index contributed by atoms with van der Waals surface area (Å²) in [6, 6.07) is 2.39. The lowest BCUT2D eigenvalue weighted by Gasteiger charge is -2.35. The fourth-order valence-electron chi connectivity index (χ4n) is 2.68. The minimum Gasteiger partial charge on any atom is -0.399 e. The number of anilines is 2. The molecule has 1 fully saturated rings. The molecule has 0 spiro atoms. The highest BCUT2D eigenvalue weighted by Gasteiger charge is 2.25. The van der Waals surface area contributed by atoms with E-state index in [9.17, 15) is 8.78 Å². The number of rotatable bonds is 2. The molecule has 5 heteroatoms. The van der Waals surface area contributed by atoms with E-state index in [1.54, 1.807) is 0 Å². The van der Waals surface area contributed by atoms with Crippen LogP contribution in [0, 0.1) is 11.6 Å². The predicted octanol–water partition coefficient (Wildman–Crippen LogP) is 3.00. The molecule has 100 valence electrons. The average molecular weight is 270 g/mol. The van der Waals surface area contributed by atoms with Gasteiger partial charge in [-0.3, -0.25) is 0 Å². The Morgan fingerprint density at radius 2 is 1.67 bits per heavy atom. The van der Waals surface area contributed by atoms with Crippen molar-refractivity contribution in [3.05, 3.63) is 23.8 Å². The molecule has 2 nitrogen and oxygen atoms in total. The molecule has 1 aromatic carbocycles. The second kappa shape index (κ2) is 5.26. The van der Waals surface area contributed by atoms with Gasteiger partial charge in [0.05, 0.1) is 0 Å². The van der Waals surface area contributed by atoms with E-state index in [-0.39, 0.29) is 11.4 Å². The Bertz CT molecular complexity index is 406. The molecule has 0 saturated carbocycles. The van der Waals surface area contributed by atoms with Crippen LogP contribution in [0.1, 0.15) is 12.8 Å². The van der Waals surface area contributed by atoms with Crippen molar-refractivity contribution in [2.75, 3.05) is 23.7 Å². The summed E-state index contributed by atoms with van der Waals surface area (Å²) in [4.78, 5) is 1.82. The molecule has 2 N–H and O–H groups in total. The Balaban J connectivity index is 2.15. The van der Waals surface area contributed by atoms with Gasteiger partial charge in [-0.1, -0.05) is 13.1 Å². The quantitative estimate of drug-likeness (QED) is 0.661. The van der Waals surface area contributed by atoms with E-state index in [1.807, 2.05) is 4.90 Å². The molecule has 0 bridgehead atoms. The normalized spacial score (nSPS) is 17.5. The van der Waals surface area contributed by atoms with Crippen molar-refractivity contribution >= 4 is 20.2 Å². The largest absolute Gasteiger partial charge is 0.399 e. The monoisotopic (exact) mass is 270 g/mol. The van der Waals surface area contributed by atoms with E-state index in [2.05, 4.69) is 13.1 Å². The topological polar surface area (TPSA) is 29.3 Å². The van der Waals surface area contributed by atoms with Crippen molar-refractivity contribution in [1.29, 1.82) is 0 Å². The Morgan fingerprint density at radius 3 is 2.11 bits per heavy atom. The Kier molecular flexibility index (Phi) is 3.90. The van der Waals surface area contributed by atoms with Crippen LogP contribution in [0.15, 0.2) is 12.1 Å². The van der Waals surface area contributed by atoms with Crippen molar-refractivity contribution in [3.63, 3.8) is 0 Å². The third kappa shape index (κ3) is 2.66. The minimum absolute atomic E-state index is 0.0908. The van der Waals surface area contributed by atoms with Crippen LogP contribution in [0.25, 0.3) is 0 Å². The van der Waals surface area contributed by atoms with Crippen LogP contribution < -0.4 is 10.6 Å². The molecule has 1 heterocycles. The molecule has 0 radical (unpaired) electrons. The first-order valence-electron chi connectivity index (χ1n) is 6.48. The van der Waals surface area contributed by atoms with E-state index in [0.29, 0.717) is 0 Å². The highest BCUT2D eigenvalue weighted by atomic mass is 28.3. The highest BCUT2D eigenvalue weighted by molar-refractivity contribution is 6.57. The number of nitrogens with two attached hydrogens (primary N) is 1. The summed E-state index contributed by atoms with van der Waals surface area (Å²) in [6.45, 7) is 6.16. The van der Waals surface area contributed by atoms with Crippen molar-refractivity contribution in [2.45, 2.75) is 31.5 Å². The number of nitrogens with zero attached hydrogens (tertiary/aromatic N) is 1. The Morgan fingerprint density at radius 1 is 1.17 bits per heavy atom. The predicted molar refractivity (Wildman–Crippen MR) is 74.8 cm³/mol. The first-order valence-corrected chi connectivity index (χ1v) is 9.46. The molecular formula is C13H20F2N2Si. The van der Waals surface area contributed by atoms with Gasteiger partial charge in [0, 0.05) is 27.6 Å². The van der Waals surface area contributed by atoms with E-state index >= 15 is 0 Å². The van der Waals surface area contributed by atoms with Gasteiger partial charge in [-0.15, -0.1) is 0 Å². The fourth-order valence-corrected chi connectivity index (χ4v) is 4.31. The second-order valence-corrected chi connectivity index (χ2v) is 8.83. The van der Waals surface area contributed by atoms with Gasteiger partial charge in [-0.05, 0) is 30.5 Å². The number of hydrogen-bond donors (Lipinski definition) is 1. The number of piperidine rings is 1. The van der Waals surface area contributed by atoms with Crippen LogP contribution in [0.4, 0.5) is 20.2 Å². The maximum atomic E-state index is 13.8. The summed E-state index contributed by atoms with van der Waals surface area (Å²) in [5.41, 5.74) is 6.45. The van der Waals surface area contributed by atoms with Crippen LogP contribution in [-0.2, 0) is 0 Å². The van der Waals surface area contributed by atoms with Crippen molar-refractivity contribution < 1.29 is 8.78 Å². The molecule has 0 aliphatic carbocycles. The van der Waals surface area contributed by atoms with Gasteiger partial charge in [-0.25, -0.2) is 8.78 Å². The number of hydrogen-bond acceptors (Lipinski definition) is 2. The first kappa shape index (κ1) is 13.3. The molecule has 0 amide bonds. The Labute approximate surface area is 108 Å². The molecule has 1 aromatic rings. The average Bonchev–Trinajstić information content (AvgIpc) is 2.28. The molecular weight excluding hydrogens is 250 g/mol. The SMILES string of the molecule is C[SiH](C)C1CCN(c2c(F)cc(N)cc2F)CC1. The van der Waals surface area contributed by atoms with Crippen LogP contribution in [0.3, 0.4) is 0 Å². The van der Waals surface area contributed by atoms with Crippen LogP contribution in [-0.4, -0.2) is 21.9 Å². The summed E-state index contributed by atoms with van der Waals surface area (Å²) >= 11 is 0. The summed E-state index contributed by atoms with van der Waals surface area (Å²) in [7, 11) is -0.640. The van der Waals surface area contributed by atoms with E-state index in [0.717, 1.165) is 31.5 Å². The van der Waals surface area contributed by atoms with Crippen LogP contribution in [0.2, 0.25) is 18.6 Å². The molecule has 0 atom stereocenters. The second-order valence-electron chi connectivity index (χ2n) is 5.40. The third-order valence-corrected chi connectivity index (χ3v) is 6.39. The maximum absolute atomic E-state index is 13.8. The van der Waals surface area contributed by atoms with Gasteiger partial charge in [-0.2, -0.15) is 0 Å². The minimum atomic E-state index is -0.640. The summed E-state index contributed by atoms with van der Waals surface area (Å²) in [6.07, 6.45) is 2.10. The summed E-state index contributed by atoms with van der Waals surface area (Å²) in [5, 5.41) is 0.